The molecule has 2 amide bonds. The predicted molar refractivity (Wildman–Crippen MR) is 120 cm³/mol. The van der Waals surface area contributed by atoms with Gasteiger partial charge in [0.25, 0.3) is 11.8 Å². The minimum Gasteiger partial charge on any atom is -0.322 e. The summed E-state index contributed by atoms with van der Waals surface area (Å²) < 4.78 is 11.3. The Bertz CT molecular complexity index is 668. The summed E-state index contributed by atoms with van der Waals surface area (Å²) in [6.07, 6.45) is 6.38. The molecular weight excluding hydrogens is 413 g/mol. The van der Waals surface area contributed by atoms with Crippen molar-refractivity contribution in [3.05, 3.63) is 35.4 Å². The largest absolute Gasteiger partial charge is 0.322 e. The number of fused-ring (bicyclic) bond motifs is 1. The van der Waals surface area contributed by atoms with Crippen molar-refractivity contribution in [2.24, 2.45) is 0 Å². The molecule has 0 aromatic heterocycles. The molecule has 5 nitrogen and oxygen atoms in total. The Morgan fingerprint density at radius 1 is 0.893 bits per heavy atom. The van der Waals surface area contributed by atoms with Gasteiger partial charge in [0, 0.05) is 12.3 Å². The van der Waals surface area contributed by atoms with Crippen LogP contribution in [0.5, 0.6) is 0 Å². The zero-order valence-corrected chi connectivity index (χ0v) is 19.3. The Kier molecular flexibility index (Phi) is 10.2. The van der Waals surface area contributed by atoms with Gasteiger partial charge in [-0.3, -0.25) is 14.5 Å². The number of rotatable bonds is 14. The summed E-state index contributed by atoms with van der Waals surface area (Å²) in [5.74, 6) is 0.653. The van der Waals surface area contributed by atoms with Gasteiger partial charge in [-0.1, -0.05) is 49.2 Å². The summed E-state index contributed by atoms with van der Waals surface area (Å²) in [6.45, 7) is 5.59. The first kappa shape index (κ1) is 23.6. The predicted octanol–water partition coefficient (Wildman–Crippen LogP) is 5.65. The Hall–Kier alpha value is -0.720. The lowest BCUT2D eigenvalue weighted by Crippen LogP contribution is -2.30. The molecule has 0 saturated heterocycles. The fraction of sp³-hybridized carbons (Fsp3) is 0.600. The first-order valence-corrected chi connectivity index (χ1v) is 14.2. The molecule has 0 fully saturated rings. The third-order valence-electron chi connectivity index (χ3n) is 4.48. The van der Waals surface area contributed by atoms with Crippen LogP contribution in [-0.4, -0.2) is 42.2 Å². The summed E-state index contributed by atoms with van der Waals surface area (Å²) in [5, 5.41) is 0. The molecule has 156 valence electrons. The number of nitrogens with zero attached hydrogens (tertiary/aromatic N) is 1. The molecular formula is C20H30NO4PS2. The monoisotopic (exact) mass is 443 g/mol. The molecule has 0 unspecified atom stereocenters. The maximum Gasteiger partial charge on any atom is 0.261 e. The van der Waals surface area contributed by atoms with Crippen LogP contribution in [-0.2, 0) is 20.9 Å². The first-order chi connectivity index (χ1) is 13.5. The van der Waals surface area contributed by atoms with Crippen molar-refractivity contribution >= 4 is 40.7 Å². The van der Waals surface area contributed by atoms with Gasteiger partial charge in [-0.25, -0.2) is 0 Å². The van der Waals surface area contributed by atoms with E-state index in [0.717, 1.165) is 44.3 Å². The van der Waals surface area contributed by atoms with Crippen LogP contribution in [0.1, 0.15) is 73.1 Å². The van der Waals surface area contributed by atoms with Crippen molar-refractivity contribution < 1.29 is 18.6 Å². The van der Waals surface area contributed by atoms with Crippen LogP contribution in [0, 0.1) is 0 Å². The summed E-state index contributed by atoms with van der Waals surface area (Å²) >= 11 is 7.16. The number of amides is 2. The standard InChI is InChI=1S/C20H30NO4PS2/c1-3-24-26(27,25-4-2)28-16-12-8-6-5-7-11-15-21-19(22)17-13-9-10-14-18(17)20(21)23/h9-10,13-14H,3-8,11-12,15-16H2,1-2H3. The average molecular weight is 444 g/mol. The summed E-state index contributed by atoms with van der Waals surface area (Å²) in [5.41, 5.74) is -1.09. The third-order valence-corrected chi connectivity index (χ3v) is 10.1. The van der Waals surface area contributed by atoms with E-state index in [4.69, 9.17) is 20.9 Å². The maximum absolute atomic E-state index is 12.3. The van der Waals surface area contributed by atoms with Crippen LogP contribution in [0.2, 0.25) is 0 Å². The van der Waals surface area contributed by atoms with Crippen molar-refractivity contribution in [2.45, 2.75) is 52.4 Å². The molecule has 1 aliphatic rings. The van der Waals surface area contributed by atoms with Crippen molar-refractivity contribution in [3.63, 3.8) is 0 Å². The van der Waals surface area contributed by atoms with Crippen LogP contribution in [0.25, 0.3) is 0 Å². The molecule has 8 heteroatoms. The molecule has 1 aromatic carbocycles. The quantitative estimate of drug-likeness (QED) is 0.210. The van der Waals surface area contributed by atoms with E-state index in [-0.39, 0.29) is 11.8 Å². The smallest absolute Gasteiger partial charge is 0.261 e. The lowest BCUT2D eigenvalue weighted by atomic mass is 10.1. The second kappa shape index (κ2) is 12.1. The van der Waals surface area contributed by atoms with E-state index < -0.39 is 5.69 Å². The highest BCUT2D eigenvalue weighted by Gasteiger charge is 2.34. The van der Waals surface area contributed by atoms with Crippen LogP contribution in [0.15, 0.2) is 24.3 Å². The Morgan fingerprint density at radius 3 is 1.93 bits per heavy atom. The fourth-order valence-electron chi connectivity index (χ4n) is 3.13. The summed E-state index contributed by atoms with van der Waals surface area (Å²) in [4.78, 5) is 26.0. The molecule has 0 aliphatic carbocycles. The topological polar surface area (TPSA) is 55.8 Å². The van der Waals surface area contributed by atoms with Crippen LogP contribution in [0.3, 0.4) is 0 Å². The van der Waals surface area contributed by atoms with Gasteiger partial charge in [0.15, 0.2) is 0 Å². The van der Waals surface area contributed by atoms with E-state index in [9.17, 15) is 9.59 Å². The highest BCUT2D eigenvalue weighted by Crippen LogP contribution is 2.61. The van der Waals surface area contributed by atoms with Gasteiger partial charge < -0.3 is 9.05 Å². The number of hydrogen-bond acceptors (Lipinski definition) is 6. The lowest BCUT2D eigenvalue weighted by Gasteiger charge is -2.19. The van der Waals surface area contributed by atoms with Gasteiger partial charge >= 0.3 is 0 Å². The molecule has 0 N–H and O–H groups in total. The molecule has 0 bridgehead atoms. The van der Waals surface area contributed by atoms with Crippen molar-refractivity contribution in [1.29, 1.82) is 0 Å². The number of carbonyl (C=O) groups excluding carboxylic acids is 2. The SMILES string of the molecule is CCOP(=S)(OCC)SCCCCCCCCN1C(=O)c2ccccc2C1=O. The average Bonchev–Trinajstić information content (AvgIpc) is 2.92. The molecule has 1 heterocycles. The molecule has 0 spiro atoms. The van der Waals surface area contributed by atoms with E-state index in [1.807, 2.05) is 13.8 Å². The highest BCUT2D eigenvalue weighted by atomic mass is 32.9. The molecule has 0 atom stereocenters. The molecule has 2 rings (SSSR count). The summed E-state index contributed by atoms with van der Waals surface area (Å²) in [7, 11) is 0. The van der Waals surface area contributed by atoms with Gasteiger partial charge in [-0.2, -0.15) is 0 Å². The zero-order chi connectivity index (χ0) is 20.4. The minimum atomic E-state index is -2.15. The molecule has 0 saturated carbocycles. The van der Waals surface area contributed by atoms with E-state index in [0.29, 0.717) is 30.9 Å². The van der Waals surface area contributed by atoms with Crippen LogP contribution >= 0.6 is 17.1 Å². The molecule has 28 heavy (non-hydrogen) atoms. The van der Waals surface area contributed by atoms with Gasteiger partial charge in [-0.05, 0) is 50.6 Å². The normalized spacial score (nSPS) is 14.0. The molecule has 1 aliphatic heterocycles. The van der Waals surface area contributed by atoms with Gasteiger partial charge in [-0.15, -0.1) is 0 Å². The van der Waals surface area contributed by atoms with E-state index in [1.165, 1.54) is 4.90 Å². The zero-order valence-electron chi connectivity index (χ0n) is 16.7. The van der Waals surface area contributed by atoms with E-state index in [1.54, 1.807) is 35.6 Å². The molecule has 1 aromatic rings. The van der Waals surface area contributed by atoms with Crippen molar-refractivity contribution in [3.8, 4) is 0 Å². The van der Waals surface area contributed by atoms with E-state index >= 15 is 0 Å². The summed E-state index contributed by atoms with van der Waals surface area (Å²) in [6, 6.07) is 7.05. The van der Waals surface area contributed by atoms with Crippen molar-refractivity contribution in [1.82, 2.24) is 4.90 Å². The highest BCUT2D eigenvalue weighted by molar-refractivity contribution is 8.67. The lowest BCUT2D eigenvalue weighted by molar-refractivity contribution is 0.0651. The second-order valence-corrected chi connectivity index (χ2v) is 13.0. The van der Waals surface area contributed by atoms with Crippen LogP contribution < -0.4 is 0 Å². The van der Waals surface area contributed by atoms with Gasteiger partial charge in [0.1, 0.15) is 0 Å². The van der Waals surface area contributed by atoms with E-state index in [2.05, 4.69) is 0 Å². The van der Waals surface area contributed by atoms with Gasteiger partial charge in [0.2, 0.25) is 5.69 Å². The van der Waals surface area contributed by atoms with Crippen LogP contribution in [0.4, 0.5) is 0 Å². The maximum atomic E-state index is 12.3. The Labute approximate surface area is 177 Å². The molecule has 0 radical (unpaired) electrons. The number of hydrogen-bond donors (Lipinski definition) is 0. The Balaban J connectivity index is 1.55. The number of benzene rings is 1. The second-order valence-electron chi connectivity index (χ2n) is 6.54. The fourth-order valence-corrected chi connectivity index (χ4v) is 7.98. The third kappa shape index (κ3) is 6.67. The number of unbranched alkanes of at least 4 members (excludes halogenated alkanes) is 5. The Morgan fingerprint density at radius 2 is 1.39 bits per heavy atom. The van der Waals surface area contributed by atoms with Gasteiger partial charge in [0.05, 0.1) is 24.3 Å². The number of carbonyl (C=O) groups is 2. The number of imide groups is 1. The minimum absolute atomic E-state index is 0.156. The first-order valence-electron chi connectivity index (χ1n) is 10.0. The van der Waals surface area contributed by atoms with Crippen molar-refractivity contribution in [2.75, 3.05) is 25.5 Å².